The minimum absolute atomic E-state index is 0.0213. The summed E-state index contributed by atoms with van der Waals surface area (Å²) in [5.41, 5.74) is 0. The van der Waals surface area contributed by atoms with Gasteiger partial charge in [-0.15, -0.1) is 0 Å². The highest BCUT2D eigenvalue weighted by Crippen LogP contribution is 2.20. The standard InChI is InChI=1S/C13H24N2O4/c1-3-10-5-4-7-15(8-6-10)13(18)14-11(9-19-2)12(16)17/h10-11H,3-9H2,1-2H3,(H,14,18)(H,16,17). The number of ether oxygens (including phenoxy) is 1. The Kier molecular flexibility index (Phi) is 6.62. The van der Waals surface area contributed by atoms with E-state index in [1.54, 1.807) is 4.90 Å². The molecule has 6 heteroatoms. The van der Waals surface area contributed by atoms with Crippen molar-refractivity contribution in [1.82, 2.24) is 10.2 Å². The number of rotatable bonds is 5. The van der Waals surface area contributed by atoms with Gasteiger partial charge in [0.1, 0.15) is 0 Å². The molecule has 0 radical (unpaired) electrons. The first kappa shape index (κ1) is 15.8. The van der Waals surface area contributed by atoms with Crippen molar-refractivity contribution in [2.45, 2.75) is 38.6 Å². The lowest BCUT2D eigenvalue weighted by atomic mass is 9.98. The van der Waals surface area contributed by atoms with Crippen molar-refractivity contribution in [3.63, 3.8) is 0 Å². The molecule has 1 rings (SSSR count). The maximum absolute atomic E-state index is 12.0. The van der Waals surface area contributed by atoms with E-state index in [4.69, 9.17) is 9.84 Å². The van der Waals surface area contributed by atoms with E-state index in [1.807, 2.05) is 0 Å². The fourth-order valence-corrected chi connectivity index (χ4v) is 2.36. The zero-order valence-electron chi connectivity index (χ0n) is 11.7. The summed E-state index contributed by atoms with van der Waals surface area (Å²) in [5.74, 6) is -0.400. The summed E-state index contributed by atoms with van der Waals surface area (Å²) >= 11 is 0. The fourth-order valence-electron chi connectivity index (χ4n) is 2.36. The Morgan fingerprint density at radius 3 is 2.74 bits per heavy atom. The molecule has 0 bridgehead atoms. The first-order valence-corrected chi connectivity index (χ1v) is 6.85. The molecule has 0 aromatic rings. The summed E-state index contributed by atoms with van der Waals surface area (Å²) < 4.78 is 4.80. The Labute approximate surface area is 114 Å². The first-order valence-electron chi connectivity index (χ1n) is 6.85. The van der Waals surface area contributed by atoms with Crippen LogP contribution in [0.2, 0.25) is 0 Å². The summed E-state index contributed by atoms with van der Waals surface area (Å²) in [7, 11) is 1.42. The van der Waals surface area contributed by atoms with Crippen LogP contribution in [0.4, 0.5) is 4.79 Å². The SMILES string of the molecule is CCC1CCCN(C(=O)NC(COC)C(=O)O)CC1. The number of carbonyl (C=O) groups excluding carboxylic acids is 1. The molecule has 0 aromatic carbocycles. The third-order valence-corrected chi connectivity index (χ3v) is 3.64. The van der Waals surface area contributed by atoms with E-state index >= 15 is 0 Å². The molecular weight excluding hydrogens is 248 g/mol. The molecule has 0 saturated carbocycles. The van der Waals surface area contributed by atoms with Gasteiger partial charge in [-0.3, -0.25) is 0 Å². The maximum atomic E-state index is 12.0. The number of methoxy groups -OCH3 is 1. The van der Waals surface area contributed by atoms with Crippen LogP contribution in [0, 0.1) is 5.92 Å². The summed E-state index contributed by atoms with van der Waals surface area (Å²) in [5, 5.41) is 11.5. The van der Waals surface area contributed by atoms with Gasteiger partial charge in [0.2, 0.25) is 0 Å². The van der Waals surface area contributed by atoms with Crippen LogP contribution in [-0.4, -0.2) is 54.9 Å². The van der Waals surface area contributed by atoms with Crippen LogP contribution in [0.25, 0.3) is 0 Å². The highest BCUT2D eigenvalue weighted by Gasteiger charge is 2.24. The third-order valence-electron chi connectivity index (χ3n) is 3.64. The molecule has 1 aliphatic heterocycles. The third kappa shape index (κ3) is 5.06. The van der Waals surface area contributed by atoms with Gasteiger partial charge in [0, 0.05) is 20.2 Å². The van der Waals surface area contributed by atoms with Gasteiger partial charge in [-0.1, -0.05) is 13.3 Å². The number of carboxylic acid groups (broad SMARTS) is 1. The van der Waals surface area contributed by atoms with Gasteiger partial charge < -0.3 is 20.1 Å². The zero-order valence-corrected chi connectivity index (χ0v) is 11.7. The molecule has 0 aromatic heterocycles. The molecule has 0 spiro atoms. The van der Waals surface area contributed by atoms with Crippen LogP contribution in [0.3, 0.4) is 0 Å². The number of hydrogen-bond acceptors (Lipinski definition) is 3. The summed E-state index contributed by atoms with van der Waals surface area (Å²) in [6.45, 7) is 3.54. The van der Waals surface area contributed by atoms with Gasteiger partial charge in [0.15, 0.2) is 6.04 Å². The van der Waals surface area contributed by atoms with Crippen molar-refractivity contribution in [2.75, 3.05) is 26.8 Å². The molecule has 2 unspecified atom stereocenters. The Morgan fingerprint density at radius 2 is 2.16 bits per heavy atom. The van der Waals surface area contributed by atoms with Crippen molar-refractivity contribution >= 4 is 12.0 Å². The van der Waals surface area contributed by atoms with Crippen LogP contribution in [0.15, 0.2) is 0 Å². The molecule has 110 valence electrons. The number of urea groups is 1. The Hall–Kier alpha value is -1.30. The van der Waals surface area contributed by atoms with E-state index in [-0.39, 0.29) is 12.6 Å². The topological polar surface area (TPSA) is 78.9 Å². The number of nitrogens with one attached hydrogen (secondary N) is 1. The van der Waals surface area contributed by atoms with E-state index in [9.17, 15) is 9.59 Å². The molecule has 1 fully saturated rings. The number of amides is 2. The summed E-state index contributed by atoms with van der Waals surface area (Å²) in [6, 6.07) is -1.29. The second kappa shape index (κ2) is 7.99. The van der Waals surface area contributed by atoms with Crippen LogP contribution >= 0.6 is 0 Å². The fraction of sp³-hybridized carbons (Fsp3) is 0.846. The van der Waals surface area contributed by atoms with E-state index < -0.39 is 12.0 Å². The monoisotopic (exact) mass is 272 g/mol. The molecule has 1 aliphatic rings. The van der Waals surface area contributed by atoms with Crippen molar-refractivity contribution in [3.8, 4) is 0 Å². The first-order chi connectivity index (χ1) is 9.08. The highest BCUT2D eigenvalue weighted by atomic mass is 16.5. The largest absolute Gasteiger partial charge is 0.480 e. The summed E-state index contributed by atoms with van der Waals surface area (Å²) in [6.07, 6.45) is 4.25. The van der Waals surface area contributed by atoms with E-state index in [1.165, 1.54) is 7.11 Å². The van der Waals surface area contributed by atoms with Gasteiger partial charge in [0.25, 0.3) is 0 Å². The minimum atomic E-state index is -1.07. The molecule has 0 aliphatic carbocycles. The number of nitrogens with zero attached hydrogens (tertiary/aromatic N) is 1. The Bertz CT molecular complexity index is 309. The molecule has 2 N–H and O–H groups in total. The average molecular weight is 272 g/mol. The van der Waals surface area contributed by atoms with E-state index in [2.05, 4.69) is 12.2 Å². The number of aliphatic carboxylic acids is 1. The van der Waals surface area contributed by atoms with Crippen molar-refractivity contribution < 1.29 is 19.4 Å². The number of carboxylic acids is 1. The van der Waals surface area contributed by atoms with E-state index in [0.29, 0.717) is 19.0 Å². The lowest BCUT2D eigenvalue weighted by Crippen LogP contribution is -2.50. The molecule has 2 atom stereocenters. The molecule has 6 nitrogen and oxygen atoms in total. The second-order valence-electron chi connectivity index (χ2n) is 4.99. The van der Waals surface area contributed by atoms with Crippen molar-refractivity contribution in [2.24, 2.45) is 5.92 Å². The Balaban J connectivity index is 2.49. The normalized spacial score (nSPS) is 21.6. The van der Waals surface area contributed by atoms with Gasteiger partial charge >= 0.3 is 12.0 Å². The van der Waals surface area contributed by atoms with Crippen LogP contribution in [0.5, 0.6) is 0 Å². The Morgan fingerprint density at radius 1 is 1.42 bits per heavy atom. The lowest BCUT2D eigenvalue weighted by Gasteiger charge is -2.23. The van der Waals surface area contributed by atoms with Crippen LogP contribution in [0.1, 0.15) is 32.6 Å². The number of carbonyl (C=O) groups is 2. The molecule has 1 heterocycles. The van der Waals surface area contributed by atoms with Gasteiger partial charge in [-0.25, -0.2) is 9.59 Å². The van der Waals surface area contributed by atoms with Gasteiger partial charge in [-0.05, 0) is 25.2 Å². The summed E-state index contributed by atoms with van der Waals surface area (Å²) in [4.78, 5) is 24.7. The smallest absolute Gasteiger partial charge is 0.328 e. The number of hydrogen-bond donors (Lipinski definition) is 2. The molecule has 1 saturated heterocycles. The van der Waals surface area contributed by atoms with E-state index in [0.717, 1.165) is 25.7 Å². The van der Waals surface area contributed by atoms with Crippen molar-refractivity contribution in [1.29, 1.82) is 0 Å². The minimum Gasteiger partial charge on any atom is -0.480 e. The van der Waals surface area contributed by atoms with Gasteiger partial charge in [0.05, 0.1) is 6.61 Å². The maximum Gasteiger partial charge on any atom is 0.328 e. The predicted molar refractivity (Wildman–Crippen MR) is 71.0 cm³/mol. The van der Waals surface area contributed by atoms with Gasteiger partial charge in [-0.2, -0.15) is 0 Å². The van der Waals surface area contributed by atoms with Crippen LogP contribution in [-0.2, 0) is 9.53 Å². The average Bonchev–Trinajstić information content (AvgIpc) is 2.63. The quantitative estimate of drug-likeness (QED) is 0.791. The molecule has 19 heavy (non-hydrogen) atoms. The predicted octanol–water partition coefficient (Wildman–Crippen LogP) is 1.31. The highest BCUT2D eigenvalue weighted by molar-refractivity contribution is 5.82. The second-order valence-corrected chi connectivity index (χ2v) is 4.99. The number of likely N-dealkylation sites (tertiary alicyclic amines) is 1. The van der Waals surface area contributed by atoms with Crippen molar-refractivity contribution in [3.05, 3.63) is 0 Å². The molecular formula is C13H24N2O4. The molecule has 2 amide bonds. The lowest BCUT2D eigenvalue weighted by molar-refractivity contribution is -0.140. The zero-order chi connectivity index (χ0) is 14.3. The van der Waals surface area contributed by atoms with Crippen LogP contribution < -0.4 is 5.32 Å².